The summed E-state index contributed by atoms with van der Waals surface area (Å²) in [7, 11) is 0. The molecule has 0 unspecified atom stereocenters. The molecule has 1 aromatic rings. The minimum atomic E-state index is -4.10. The van der Waals surface area contributed by atoms with E-state index in [0.29, 0.717) is 12.2 Å². The van der Waals surface area contributed by atoms with Crippen molar-refractivity contribution < 1.29 is 13.2 Å². The Bertz CT molecular complexity index is 260. The van der Waals surface area contributed by atoms with Crippen LogP contribution in [0.5, 0.6) is 0 Å². The van der Waals surface area contributed by atoms with Gasteiger partial charge in [0.25, 0.3) is 0 Å². The van der Waals surface area contributed by atoms with Gasteiger partial charge in [0, 0.05) is 19.3 Å². The average molecular weight is 205 g/mol. The molecule has 0 aliphatic heterocycles. The second-order valence-corrected chi connectivity index (χ2v) is 2.74. The number of hydrogen-bond acceptors (Lipinski definition) is 3. The molecular formula is C8H10F3N3. The van der Waals surface area contributed by atoms with E-state index in [1.807, 2.05) is 0 Å². The Morgan fingerprint density at radius 3 is 2.71 bits per heavy atom. The number of rotatable bonds is 4. The van der Waals surface area contributed by atoms with Gasteiger partial charge in [0.1, 0.15) is 6.33 Å². The Balaban J connectivity index is 2.17. The maximum atomic E-state index is 11.7. The molecule has 6 heteroatoms. The van der Waals surface area contributed by atoms with E-state index in [0.717, 1.165) is 0 Å². The fraction of sp³-hybridized carbons (Fsp3) is 0.500. The fourth-order valence-corrected chi connectivity index (χ4v) is 0.869. The first kappa shape index (κ1) is 10.9. The predicted molar refractivity (Wildman–Crippen MR) is 44.4 cm³/mol. The van der Waals surface area contributed by atoms with Crippen LogP contribution >= 0.6 is 0 Å². The van der Waals surface area contributed by atoms with E-state index in [1.54, 1.807) is 12.3 Å². The number of halogens is 3. The van der Waals surface area contributed by atoms with Crippen molar-refractivity contribution in [2.24, 2.45) is 0 Å². The second-order valence-electron chi connectivity index (χ2n) is 2.74. The summed E-state index contributed by atoms with van der Waals surface area (Å²) in [5.41, 5.74) is 0.683. The molecule has 0 spiro atoms. The van der Waals surface area contributed by atoms with Crippen LogP contribution in [0.15, 0.2) is 18.6 Å². The van der Waals surface area contributed by atoms with Crippen LogP contribution in [0.3, 0.4) is 0 Å². The number of nitrogens with zero attached hydrogens (tertiary/aromatic N) is 2. The predicted octanol–water partition coefficient (Wildman–Crippen LogP) is 1.52. The smallest absolute Gasteiger partial charge is 0.311 e. The van der Waals surface area contributed by atoms with E-state index in [4.69, 9.17) is 0 Å². The highest BCUT2D eigenvalue weighted by Crippen LogP contribution is 2.18. The van der Waals surface area contributed by atoms with Crippen molar-refractivity contribution in [1.29, 1.82) is 0 Å². The van der Waals surface area contributed by atoms with Crippen LogP contribution in [0.25, 0.3) is 0 Å². The van der Waals surface area contributed by atoms with Gasteiger partial charge >= 0.3 is 6.18 Å². The van der Waals surface area contributed by atoms with E-state index < -0.39 is 12.6 Å². The minimum absolute atomic E-state index is 0.0898. The van der Waals surface area contributed by atoms with Gasteiger partial charge in [0.2, 0.25) is 0 Å². The molecule has 1 rings (SSSR count). The van der Waals surface area contributed by atoms with Gasteiger partial charge in [-0.25, -0.2) is 9.97 Å². The van der Waals surface area contributed by atoms with Gasteiger partial charge in [0.15, 0.2) is 0 Å². The van der Waals surface area contributed by atoms with Crippen molar-refractivity contribution in [3.8, 4) is 0 Å². The third-order valence-electron chi connectivity index (χ3n) is 1.53. The number of aromatic nitrogens is 2. The number of hydrogen-bond donors (Lipinski definition) is 1. The zero-order valence-corrected chi connectivity index (χ0v) is 7.38. The molecule has 1 heterocycles. The van der Waals surface area contributed by atoms with E-state index in [2.05, 4.69) is 15.3 Å². The lowest BCUT2D eigenvalue weighted by atomic mass is 10.3. The third-order valence-corrected chi connectivity index (χ3v) is 1.53. The second kappa shape index (κ2) is 4.90. The molecule has 0 fully saturated rings. The van der Waals surface area contributed by atoms with Gasteiger partial charge in [-0.2, -0.15) is 13.2 Å². The maximum Gasteiger partial charge on any atom is 0.390 e. The zero-order valence-electron chi connectivity index (χ0n) is 7.38. The highest BCUT2D eigenvalue weighted by atomic mass is 19.4. The fourth-order valence-electron chi connectivity index (χ4n) is 0.869. The van der Waals surface area contributed by atoms with E-state index in [-0.39, 0.29) is 6.54 Å². The molecule has 0 radical (unpaired) electrons. The molecule has 0 bridgehead atoms. The molecule has 14 heavy (non-hydrogen) atoms. The molecule has 0 amide bonds. The van der Waals surface area contributed by atoms with Gasteiger partial charge in [-0.1, -0.05) is 0 Å². The Kier molecular flexibility index (Phi) is 3.82. The Morgan fingerprint density at radius 1 is 1.36 bits per heavy atom. The van der Waals surface area contributed by atoms with Crippen LogP contribution in [-0.4, -0.2) is 22.7 Å². The first-order valence-corrected chi connectivity index (χ1v) is 4.10. The van der Waals surface area contributed by atoms with Gasteiger partial charge in [0.05, 0.1) is 12.1 Å². The lowest BCUT2D eigenvalue weighted by Crippen LogP contribution is -2.21. The van der Waals surface area contributed by atoms with Crippen molar-refractivity contribution in [2.75, 3.05) is 6.54 Å². The third kappa shape index (κ3) is 4.76. The summed E-state index contributed by atoms with van der Waals surface area (Å²) >= 11 is 0. The average Bonchev–Trinajstić information content (AvgIpc) is 2.13. The summed E-state index contributed by atoms with van der Waals surface area (Å²) < 4.78 is 35.1. The van der Waals surface area contributed by atoms with Crippen molar-refractivity contribution in [3.63, 3.8) is 0 Å². The lowest BCUT2D eigenvalue weighted by molar-refractivity contribution is -0.133. The number of nitrogens with one attached hydrogen (secondary N) is 1. The molecule has 0 saturated carbocycles. The molecule has 1 N–H and O–H groups in total. The first-order valence-electron chi connectivity index (χ1n) is 4.10. The van der Waals surface area contributed by atoms with Crippen molar-refractivity contribution in [2.45, 2.75) is 19.1 Å². The molecular weight excluding hydrogens is 195 g/mol. The highest BCUT2D eigenvalue weighted by Gasteiger charge is 2.25. The van der Waals surface area contributed by atoms with Crippen LogP contribution < -0.4 is 5.32 Å². The summed E-state index contributed by atoms with van der Waals surface area (Å²) in [6.07, 6.45) is -2.01. The molecule has 3 nitrogen and oxygen atoms in total. The summed E-state index contributed by atoms with van der Waals surface area (Å²) in [6.45, 7) is 0.242. The van der Waals surface area contributed by atoms with Crippen LogP contribution in [0.1, 0.15) is 12.1 Å². The van der Waals surface area contributed by atoms with Crippen LogP contribution in [0, 0.1) is 0 Å². The largest absolute Gasteiger partial charge is 0.390 e. The molecule has 0 saturated heterocycles. The van der Waals surface area contributed by atoms with Crippen molar-refractivity contribution in [3.05, 3.63) is 24.3 Å². The summed E-state index contributed by atoms with van der Waals surface area (Å²) in [4.78, 5) is 7.55. The number of alkyl halides is 3. The van der Waals surface area contributed by atoms with Crippen LogP contribution in [-0.2, 0) is 6.54 Å². The minimum Gasteiger partial charge on any atom is -0.311 e. The molecule has 0 aliphatic carbocycles. The molecule has 78 valence electrons. The molecule has 0 aromatic carbocycles. The Hall–Kier alpha value is -1.17. The topological polar surface area (TPSA) is 37.8 Å². The summed E-state index contributed by atoms with van der Waals surface area (Å²) in [5, 5.41) is 2.65. The van der Waals surface area contributed by atoms with Crippen molar-refractivity contribution >= 4 is 0 Å². The molecule has 1 aromatic heterocycles. The summed E-state index contributed by atoms with van der Waals surface area (Å²) in [5.74, 6) is 0. The lowest BCUT2D eigenvalue weighted by Gasteiger charge is -2.06. The molecule has 0 aliphatic rings. The van der Waals surface area contributed by atoms with Crippen LogP contribution in [0.4, 0.5) is 13.2 Å². The van der Waals surface area contributed by atoms with Crippen molar-refractivity contribution in [1.82, 2.24) is 15.3 Å². The highest BCUT2D eigenvalue weighted by molar-refractivity contribution is 4.96. The standard InChI is InChI=1S/C8H10F3N3/c9-8(10,11)2-4-12-5-7-1-3-13-6-14-7/h1,3,6,12H,2,4-5H2. The maximum absolute atomic E-state index is 11.7. The molecule has 0 atom stereocenters. The van der Waals surface area contributed by atoms with Gasteiger partial charge in [-0.3, -0.25) is 0 Å². The zero-order chi connectivity index (χ0) is 10.4. The first-order chi connectivity index (χ1) is 6.58. The SMILES string of the molecule is FC(F)(F)CCNCc1ccncn1. The van der Waals surface area contributed by atoms with Crippen LogP contribution in [0.2, 0.25) is 0 Å². The summed E-state index contributed by atoms with van der Waals surface area (Å²) in [6, 6.07) is 1.65. The van der Waals surface area contributed by atoms with Gasteiger partial charge < -0.3 is 5.32 Å². The Morgan fingerprint density at radius 2 is 2.14 bits per heavy atom. The monoisotopic (exact) mass is 205 g/mol. The quantitative estimate of drug-likeness (QED) is 0.757. The van der Waals surface area contributed by atoms with Gasteiger partial charge in [-0.05, 0) is 6.07 Å². The van der Waals surface area contributed by atoms with E-state index >= 15 is 0 Å². The van der Waals surface area contributed by atoms with E-state index in [9.17, 15) is 13.2 Å². The Labute approximate surface area is 79.4 Å². The van der Waals surface area contributed by atoms with E-state index in [1.165, 1.54) is 6.33 Å². The van der Waals surface area contributed by atoms with Gasteiger partial charge in [-0.15, -0.1) is 0 Å². The normalized spacial score (nSPS) is 11.6.